The van der Waals surface area contributed by atoms with E-state index in [0.717, 1.165) is 12.1 Å². The van der Waals surface area contributed by atoms with Gasteiger partial charge < -0.3 is 35.5 Å². The topological polar surface area (TPSA) is 168 Å². The number of alkyl halides is 2. The van der Waals surface area contributed by atoms with Crippen molar-refractivity contribution < 1.29 is 36.9 Å². The number of pyridine rings is 1. The van der Waals surface area contributed by atoms with Crippen molar-refractivity contribution in [2.45, 2.75) is 50.8 Å². The number of hydrogen-bond acceptors (Lipinski definition) is 11. The van der Waals surface area contributed by atoms with Crippen molar-refractivity contribution in [1.29, 1.82) is 0 Å². The summed E-state index contributed by atoms with van der Waals surface area (Å²) in [5.74, 6) is -2.64. The Bertz CT molecular complexity index is 1670. The van der Waals surface area contributed by atoms with Gasteiger partial charge in [-0.1, -0.05) is 6.92 Å². The molecular weight excluding hydrogens is 588 g/mol. The van der Waals surface area contributed by atoms with E-state index in [0.29, 0.717) is 35.4 Å². The first-order chi connectivity index (χ1) is 21.0. The van der Waals surface area contributed by atoms with Gasteiger partial charge in [-0.3, -0.25) is 9.78 Å². The maximum absolute atomic E-state index is 15.3. The molecule has 2 atom stereocenters. The molecule has 0 bridgehead atoms. The lowest BCUT2D eigenvalue weighted by Gasteiger charge is -2.44. The second-order valence-electron chi connectivity index (χ2n) is 10.4. The van der Waals surface area contributed by atoms with Gasteiger partial charge in [-0.15, -0.1) is 0 Å². The van der Waals surface area contributed by atoms with Crippen molar-refractivity contribution in [1.82, 2.24) is 24.5 Å². The largest absolute Gasteiger partial charge is 0.454 e. The summed E-state index contributed by atoms with van der Waals surface area (Å²) < 4.78 is 68.7. The van der Waals surface area contributed by atoms with E-state index in [9.17, 15) is 23.1 Å². The number of piperidine rings is 1. The van der Waals surface area contributed by atoms with Crippen molar-refractivity contribution in [3.8, 4) is 17.0 Å². The van der Waals surface area contributed by atoms with Gasteiger partial charge >= 0.3 is 5.97 Å². The zero-order chi connectivity index (χ0) is 31.6. The highest BCUT2D eigenvalue weighted by Crippen LogP contribution is 2.35. The Kier molecular flexibility index (Phi) is 8.82. The van der Waals surface area contributed by atoms with Crippen LogP contribution in [0.5, 0.6) is 5.75 Å². The fraction of sp³-hybridized carbons (Fsp3) is 0.393. The average molecular weight is 619 g/mol. The van der Waals surface area contributed by atoms with Crippen LogP contribution in [0.2, 0.25) is 0 Å². The lowest BCUT2D eigenvalue weighted by molar-refractivity contribution is -0.149. The van der Waals surface area contributed by atoms with Crippen molar-refractivity contribution in [2.75, 3.05) is 30.5 Å². The number of esters is 1. The summed E-state index contributed by atoms with van der Waals surface area (Å²) in [6.07, 6.45) is -0.232. The molecule has 1 fully saturated rings. The highest BCUT2D eigenvalue weighted by Gasteiger charge is 2.43. The smallest absolute Gasteiger partial charge is 0.308 e. The van der Waals surface area contributed by atoms with Gasteiger partial charge in [-0.2, -0.15) is 0 Å². The number of hydrogen-bond donors (Lipinski definition) is 3. The van der Waals surface area contributed by atoms with Crippen molar-refractivity contribution >= 4 is 28.6 Å². The van der Waals surface area contributed by atoms with E-state index in [1.54, 1.807) is 16.4 Å². The van der Waals surface area contributed by atoms with Crippen LogP contribution in [0.3, 0.4) is 0 Å². The number of ether oxygens (including phenoxy) is 2. The van der Waals surface area contributed by atoms with Gasteiger partial charge in [0.05, 0.1) is 36.0 Å². The van der Waals surface area contributed by atoms with Gasteiger partial charge in [0.2, 0.25) is 6.79 Å². The summed E-state index contributed by atoms with van der Waals surface area (Å²) >= 11 is 0. The molecule has 5 rings (SSSR count). The number of fused-ring (bicyclic) bond motifs is 1. The number of aliphatic hydroxyl groups is 1. The number of halogens is 4. The molecule has 0 spiro atoms. The van der Waals surface area contributed by atoms with Crippen LogP contribution in [-0.2, 0) is 16.1 Å². The second-order valence-corrected chi connectivity index (χ2v) is 10.4. The number of carbonyl (C=O) groups is 1. The Morgan fingerprint density at radius 2 is 1.95 bits per heavy atom. The van der Waals surface area contributed by atoms with Gasteiger partial charge in [0, 0.05) is 31.1 Å². The van der Waals surface area contributed by atoms with E-state index in [-0.39, 0.29) is 43.0 Å². The Balaban J connectivity index is 1.53. The van der Waals surface area contributed by atoms with Gasteiger partial charge in [-0.05, 0) is 30.5 Å². The van der Waals surface area contributed by atoms with Crippen LogP contribution in [0.25, 0.3) is 22.4 Å². The molecule has 44 heavy (non-hydrogen) atoms. The fourth-order valence-corrected chi connectivity index (χ4v) is 5.15. The number of rotatable bonds is 10. The average Bonchev–Trinajstić information content (AvgIpc) is 3.41. The Morgan fingerprint density at radius 3 is 2.70 bits per heavy atom. The minimum Gasteiger partial charge on any atom is -0.454 e. The van der Waals surface area contributed by atoms with Crippen molar-refractivity contribution in [3.05, 3.63) is 54.2 Å². The molecule has 1 aromatic carbocycles. The van der Waals surface area contributed by atoms with E-state index in [2.05, 4.69) is 19.9 Å². The molecule has 3 aromatic heterocycles. The monoisotopic (exact) mass is 618 g/mol. The molecule has 0 unspecified atom stereocenters. The third kappa shape index (κ3) is 6.21. The van der Waals surface area contributed by atoms with Crippen molar-refractivity contribution in [2.24, 2.45) is 5.73 Å². The third-order valence-corrected chi connectivity index (χ3v) is 7.48. The summed E-state index contributed by atoms with van der Waals surface area (Å²) in [6, 6.07) is 3.26. The van der Waals surface area contributed by atoms with Crippen LogP contribution < -0.4 is 21.1 Å². The van der Waals surface area contributed by atoms with Gasteiger partial charge in [0.15, 0.2) is 23.0 Å². The molecular formula is C28H30F4N8O4. The number of aliphatic hydroxyl groups excluding tert-OH is 1. The molecule has 4 heterocycles. The third-order valence-electron chi connectivity index (χ3n) is 7.48. The first kappa shape index (κ1) is 30.9. The van der Waals surface area contributed by atoms with E-state index < -0.39 is 48.2 Å². The van der Waals surface area contributed by atoms with E-state index in [1.165, 1.54) is 24.9 Å². The van der Waals surface area contributed by atoms with E-state index in [1.807, 2.05) is 0 Å². The standard InChI is InChI=1S/C28H30F4N8O4/c1-2-22(41)44-14-43-21-8-17(29)16(7-18(21)30)19-6-15(10-40-13-38-23-26(33)36-12-37-27(23)40)20(9-35-19)39-5-3-4-28(34,11-39)24(42)25(31)32/h6-9,12-13,24-25,42H,2-5,10-11,14,34H2,1H3,(H2,33,36,37)/t24-,28-/m1/s1. The summed E-state index contributed by atoms with van der Waals surface area (Å²) in [4.78, 5) is 29.9. The molecule has 0 amide bonds. The predicted octanol–water partition coefficient (Wildman–Crippen LogP) is 3.01. The fourth-order valence-electron chi connectivity index (χ4n) is 5.15. The quantitative estimate of drug-likeness (QED) is 0.136. The maximum Gasteiger partial charge on any atom is 0.308 e. The maximum atomic E-state index is 15.3. The number of aromatic nitrogens is 5. The van der Waals surface area contributed by atoms with Crippen LogP contribution in [0.4, 0.5) is 29.1 Å². The van der Waals surface area contributed by atoms with Gasteiger partial charge in [-0.25, -0.2) is 32.5 Å². The van der Waals surface area contributed by atoms with Crippen LogP contribution in [0.15, 0.2) is 37.1 Å². The molecule has 1 aliphatic heterocycles. The molecule has 0 saturated carbocycles. The lowest BCUT2D eigenvalue weighted by Crippen LogP contribution is -2.63. The molecule has 4 aromatic rings. The molecule has 1 saturated heterocycles. The zero-order valence-electron chi connectivity index (χ0n) is 23.6. The summed E-state index contributed by atoms with van der Waals surface area (Å²) in [6.45, 7) is 1.39. The lowest BCUT2D eigenvalue weighted by atomic mass is 9.84. The molecule has 12 nitrogen and oxygen atoms in total. The summed E-state index contributed by atoms with van der Waals surface area (Å²) in [5, 5.41) is 10.2. The second kappa shape index (κ2) is 12.6. The number of nitrogens with two attached hydrogens (primary N) is 2. The van der Waals surface area contributed by atoms with Crippen LogP contribution in [0, 0.1) is 11.6 Å². The van der Waals surface area contributed by atoms with Crippen LogP contribution in [-0.4, -0.2) is 73.5 Å². The minimum absolute atomic E-state index is 0.0614. The Labute approximate surface area is 248 Å². The van der Waals surface area contributed by atoms with Crippen LogP contribution in [0.1, 0.15) is 31.7 Å². The SMILES string of the molecule is CCC(=O)OCOc1cc(F)c(-c2cc(Cn3cnc4c(N)ncnc43)c(N3CCC[C@](N)([C@H](O)C(F)F)C3)cn2)cc1F. The number of imidazole rings is 1. The Hall–Kier alpha value is -4.57. The van der Waals surface area contributed by atoms with E-state index >= 15 is 4.39 Å². The predicted molar refractivity (Wildman–Crippen MR) is 151 cm³/mol. The molecule has 0 aliphatic carbocycles. The number of nitrogens with zero attached hydrogens (tertiary/aromatic N) is 6. The normalized spacial score (nSPS) is 17.7. The first-order valence-electron chi connectivity index (χ1n) is 13.7. The van der Waals surface area contributed by atoms with Gasteiger partial charge in [0.25, 0.3) is 6.43 Å². The summed E-state index contributed by atoms with van der Waals surface area (Å²) in [5.41, 5.74) is 12.2. The van der Waals surface area contributed by atoms with Crippen molar-refractivity contribution in [3.63, 3.8) is 0 Å². The Morgan fingerprint density at radius 1 is 1.16 bits per heavy atom. The number of benzene rings is 1. The number of carbonyl (C=O) groups excluding carboxylic acids is 1. The minimum atomic E-state index is -3.04. The first-order valence-corrected chi connectivity index (χ1v) is 13.7. The zero-order valence-corrected chi connectivity index (χ0v) is 23.6. The molecule has 234 valence electrons. The highest BCUT2D eigenvalue weighted by atomic mass is 19.3. The molecule has 16 heteroatoms. The molecule has 5 N–H and O–H groups in total. The van der Waals surface area contributed by atoms with Gasteiger partial charge in [0.1, 0.15) is 23.8 Å². The molecule has 1 aliphatic rings. The number of nitrogen functional groups attached to an aromatic ring is 1. The van der Waals surface area contributed by atoms with Crippen LogP contribution >= 0.6 is 0 Å². The molecule has 0 radical (unpaired) electrons. The summed E-state index contributed by atoms with van der Waals surface area (Å²) in [7, 11) is 0. The van der Waals surface area contributed by atoms with E-state index in [4.69, 9.17) is 20.9 Å². The highest BCUT2D eigenvalue weighted by molar-refractivity contribution is 5.81. The number of anilines is 2.